The highest BCUT2D eigenvalue weighted by molar-refractivity contribution is 6.51. The number of aliphatic hydroxyl groups is 1. The molecule has 1 atom stereocenters. The zero-order valence-corrected chi connectivity index (χ0v) is 17.0. The fourth-order valence-corrected chi connectivity index (χ4v) is 3.85. The number of H-pyrrole nitrogens is 1. The van der Waals surface area contributed by atoms with Gasteiger partial charge in [0.2, 0.25) is 5.95 Å². The molecule has 32 heavy (non-hydrogen) atoms. The van der Waals surface area contributed by atoms with Crippen molar-refractivity contribution in [1.82, 2.24) is 15.0 Å². The number of ketones is 1. The molecule has 8 nitrogen and oxygen atoms in total. The quantitative estimate of drug-likeness (QED) is 0.293. The zero-order valence-electron chi connectivity index (χ0n) is 17.0. The molecular weight excluding hydrogens is 408 g/mol. The van der Waals surface area contributed by atoms with Gasteiger partial charge in [0.15, 0.2) is 0 Å². The van der Waals surface area contributed by atoms with Crippen LogP contribution in [0.1, 0.15) is 17.3 Å². The summed E-state index contributed by atoms with van der Waals surface area (Å²) in [4.78, 5) is 39.5. The minimum absolute atomic E-state index is 0.0672. The third-order valence-corrected chi connectivity index (χ3v) is 5.36. The molecular formula is C24H18N4O4. The third-order valence-electron chi connectivity index (χ3n) is 5.36. The topological polar surface area (TPSA) is 108 Å². The average Bonchev–Trinajstić information content (AvgIpc) is 3.37. The van der Waals surface area contributed by atoms with E-state index in [2.05, 4.69) is 15.0 Å². The van der Waals surface area contributed by atoms with Crippen LogP contribution in [0.15, 0.2) is 78.5 Å². The van der Waals surface area contributed by atoms with Gasteiger partial charge in [0.1, 0.15) is 17.6 Å². The van der Waals surface area contributed by atoms with Crippen molar-refractivity contribution in [2.75, 3.05) is 12.0 Å². The Morgan fingerprint density at radius 2 is 1.88 bits per heavy atom. The van der Waals surface area contributed by atoms with Crippen molar-refractivity contribution in [1.29, 1.82) is 0 Å². The normalized spacial score (nSPS) is 17.8. The molecule has 5 rings (SSSR count). The van der Waals surface area contributed by atoms with Gasteiger partial charge in [-0.1, -0.05) is 30.3 Å². The summed E-state index contributed by atoms with van der Waals surface area (Å²) >= 11 is 0. The fourth-order valence-electron chi connectivity index (χ4n) is 3.85. The lowest BCUT2D eigenvalue weighted by Gasteiger charge is -2.22. The molecule has 158 valence electrons. The van der Waals surface area contributed by atoms with E-state index in [1.807, 2.05) is 18.2 Å². The highest BCUT2D eigenvalue weighted by Gasteiger charge is 2.48. The summed E-state index contributed by atoms with van der Waals surface area (Å²) in [5.74, 6) is -1.22. The van der Waals surface area contributed by atoms with Gasteiger partial charge < -0.3 is 14.8 Å². The number of nitrogens with zero attached hydrogens (tertiary/aromatic N) is 3. The Morgan fingerprint density at radius 1 is 1.06 bits per heavy atom. The number of fused-ring (bicyclic) bond motifs is 1. The van der Waals surface area contributed by atoms with Gasteiger partial charge in [-0.15, -0.1) is 0 Å². The molecule has 0 radical (unpaired) electrons. The number of aliphatic hydroxyl groups excluding tert-OH is 1. The Kier molecular flexibility index (Phi) is 4.67. The summed E-state index contributed by atoms with van der Waals surface area (Å²) in [6, 6.07) is 18.2. The number of rotatable bonds is 4. The molecule has 0 bridgehead atoms. The van der Waals surface area contributed by atoms with Crippen LogP contribution in [0.3, 0.4) is 0 Å². The van der Waals surface area contributed by atoms with E-state index < -0.39 is 17.7 Å². The lowest BCUT2D eigenvalue weighted by Crippen LogP contribution is -2.30. The Labute approximate surface area is 182 Å². The smallest absolute Gasteiger partial charge is 0.302 e. The van der Waals surface area contributed by atoms with Crippen molar-refractivity contribution in [3.05, 3.63) is 89.8 Å². The summed E-state index contributed by atoms with van der Waals surface area (Å²) in [7, 11) is 1.51. The lowest BCUT2D eigenvalue weighted by molar-refractivity contribution is -0.132. The van der Waals surface area contributed by atoms with Gasteiger partial charge in [0.05, 0.1) is 29.4 Å². The van der Waals surface area contributed by atoms with E-state index in [1.165, 1.54) is 12.0 Å². The number of hydrogen-bond donors (Lipinski definition) is 2. The Balaban J connectivity index is 1.73. The first-order valence-electron chi connectivity index (χ1n) is 9.89. The molecule has 0 saturated carbocycles. The molecule has 2 aromatic carbocycles. The van der Waals surface area contributed by atoms with Crippen LogP contribution < -0.4 is 9.64 Å². The van der Waals surface area contributed by atoms with Crippen LogP contribution in [0, 0.1) is 0 Å². The summed E-state index contributed by atoms with van der Waals surface area (Å²) in [5.41, 5.74) is 2.08. The van der Waals surface area contributed by atoms with Crippen LogP contribution in [0.4, 0.5) is 5.95 Å². The minimum Gasteiger partial charge on any atom is -0.507 e. The van der Waals surface area contributed by atoms with Crippen LogP contribution in [-0.4, -0.2) is 38.9 Å². The largest absolute Gasteiger partial charge is 0.507 e. The van der Waals surface area contributed by atoms with Crippen molar-refractivity contribution in [3.8, 4) is 5.75 Å². The molecule has 0 spiro atoms. The number of hydrogen-bond acceptors (Lipinski definition) is 6. The predicted molar refractivity (Wildman–Crippen MR) is 118 cm³/mol. The molecule has 2 N–H and O–H groups in total. The van der Waals surface area contributed by atoms with Gasteiger partial charge in [0.25, 0.3) is 5.78 Å². The Bertz CT molecular complexity index is 1340. The van der Waals surface area contributed by atoms with E-state index in [0.29, 0.717) is 22.5 Å². The van der Waals surface area contributed by atoms with Crippen molar-refractivity contribution in [3.63, 3.8) is 0 Å². The van der Waals surface area contributed by atoms with E-state index >= 15 is 0 Å². The number of ether oxygens (including phenoxy) is 1. The molecule has 3 heterocycles. The number of carbonyl (C=O) groups is 2. The number of para-hydroxylation sites is 2. The van der Waals surface area contributed by atoms with Gasteiger partial charge >= 0.3 is 5.91 Å². The molecule has 8 heteroatoms. The van der Waals surface area contributed by atoms with Crippen molar-refractivity contribution >= 4 is 34.4 Å². The highest BCUT2D eigenvalue weighted by Crippen LogP contribution is 2.41. The molecule has 1 fully saturated rings. The Morgan fingerprint density at radius 3 is 2.62 bits per heavy atom. The number of pyridine rings is 1. The SMILES string of the molecule is COc1cccc(/C(O)=C2\C(=O)C(=O)N(c3nc4ccccc4[nH]3)C2c2ccccn2)c1. The van der Waals surface area contributed by atoms with Crippen LogP contribution in [0.5, 0.6) is 5.75 Å². The summed E-state index contributed by atoms with van der Waals surface area (Å²) < 4.78 is 5.23. The van der Waals surface area contributed by atoms with Gasteiger partial charge in [-0.3, -0.25) is 19.5 Å². The number of imidazole rings is 1. The first-order chi connectivity index (χ1) is 15.6. The number of carbonyl (C=O) groups excluding carboxylic acids is 2. The van der Waals surface area contributed by atoms with E-state index in [9.17, 15) is 14.7 Å². The number of Topliss-reactive ketones (excluding diaryl/α,β-unsaturated/α-hetero) is 1. The number of methoxy groups -OCH3 is 1. The summed E-state index contributed by atoms with van der Waals surface area (Å²) in [6.45, 7) is 0. The molecule has 1 aliphatic rings. The highest BCUT2D eigenvalue weighted by atomic mass is 16.5. The standard InChI is InChI=1S/C24H18N4O4/c1-32-15-8-6-7-14(13-15)21(29)19-20(18-11-4-5-12-25-18)28(23(31)22(19)30)24-26-16-9-2-3-10-17(16)27-24/h2-13,20,29H,1H3,(H,26,27)/b21-19+. The van der Waals surface area contributed by atoms with E-state index in [1.54, 1.807) is 54.7 Å². The number of aromatic amines is 1. The number of nitrogens with one attached hydrogen (secondary N) is 1. The molecule has 2 aromatic heterocycles. The van der Waals surface area contributed by atoms with Gasteiger partial charge in [-0.2, -0.15) is 0 Å². The molecule has 1 aliphatic heterocycles. The minimum atomic E-state index is -0.956. The monoisotopic (exact) mass is 426 g/mol. The second-order valence-corrected chi connectivity index (χ2v) is 7.23. The molecule has 0 aliphatic carbocycles. The predicted octanol–water partition coefficient (Wildman–Crippen LogP) is 3.59. The molecule has 1 saturated heterocycles. The van der Waals surface area contributed by atoms with Crippen LogP contribution >= 0.6 is 0 Å². The molecule has 1 unspecified atom stereocenters. The number of anilines is 1. The maximum Gasteiger partial charge on any atom is 0.302 e. The van der Waals surface area contributed by atoms with Gasteiger partial charge in [-0.25, -0.2) is 4.98 Å². The first kappa shape index (κ1) is 19.5. The van der Waals surface area contributed by atoms with Crippen LogP contribution in [0.25, 0.3) is 16.8 Å². The van der Waals surface area contributed by atoms with Gasteiger partial charge in [-0.05, 0) is 36.4 Å². The summed E-state index contributed by atoms with van der Waals surface area (Å²) in [6.07, 6.45) is 1.57. The van der Waals surface area contributed by atoms with E-state index in [-0.39, 0.29) is 17.3 Å². The van der Waals surface area contributed by atoms with Crippen molar-refractivity contribution in [2.45, 2.75) is 6.04 Å². The van der Waals surface area contributed by atoms with Gasteiger partial charge in [0, 0.05) is 11.8 Å². The zero-order chi connectivity index (χ0) is 22.2. The number of benzene rings is 2. The van der Waals surface area contributed by atoms with E-state index in [0.717, 1.165) is 5.52 Å². The third kappa shape index (κ3) is 3.09. The summed E-state index contributed by atoms with van der Waals surface area (Å²) in [5, 5.41) is 11.1. The van der Waals surface area contributed by atoms with Crippen LogP contribution in [-0.2, 0) is 9.59 Å². The second-order valence-electron chi connectivity index (χ2n) is 7.23. The van der Waals surface area contributed by atoms with Crippen molar-refractivity contribution < 1.29 is 19.4 Å². The number of aromatic nitrogens is 3. The van der Waals surface area contributed by atoms with E-state index in [4.69, 9.17) is 4.74 Å². The number of amides is 1. The maximum atomic E-state index is 13.2. The lowest BCUT2D eigenvalue weighted by atomic mass is 9.98. The average molecular weight is 426 g/mol. The fraction of sp³-hybridized carbons (Fsp3) is 0.0833. The first-order valence-corrected chi connectivity index (χ1v) is 9.89. The maximum absolute atomic E-state index is 13.2. The van der Waals surface area contributed by atoms with Crippen LogP contribution in [0.2, 0.25) is 0 Å². The second kappa shape index (κ2) is 7.66. The molecule has 4 aromatic rings. The van der Waals surface area contributed by atoms with Crippen molar-refractivity contribution in [2.24, 2.45) is 0 Å². The molecule has 1 amide bonds. The Hall–Kier alpha value is -4.46.